The van der Waals surface area contributed by atoms with Crippen molar-refractivity contribution in [2.24, 2.45) is 0 Å². The van der Waals surface area contributed by atoms with Gasteiger partial charge in [-0.05, 0) is 29.1 Å². The fourth-order valence-corrected chi connectivity index (χ4v) is 4.29. The van der Waals surface area contributed by atoms with Gasteiger partial charge in [0.25, 0.3) is 5.91 Å². The summed E-state index contributed by atoms with van der Waals surface area (Å²) in [5.74, 6) is 0.597. The van der Waals surface area contributed by atoms with Crippen LogP contribution in [0.5, 0.6) is 0 Å². The van der Waals surface area contributed by atoms with E-state index in [0.717, 1.165) is 17.9 Å². The summed E-state index contributed by atoms with van der Waals surface area (Å²) in [4.78, 5) is 14.7. The zero-order valence-corrected chi connectivity index (χ0v) is 13.0. The molecule has 2 nitrogen and oxygen atoms in total. The van der Waals surface area contributed by atoms with Crippen molar-refractivity contribution in [3.05, 3.63) is 57.8 Å². The van der Waals surface area contributed by atoms with E-state index in [9.17, 15) is 18.0 Å². The summed E-state index contributed by atoms with van der Waals surface area (Å²) in [6.45, 7) is 0.544. The number of carbonyl (C=O) groups is 1. The van der Waals surface area contributed by atoms with E-state index in [2.05, 4.69) is 0 Å². The average Bonchev–Trinajstić information content (AvgIpc) is 3.17. The zero-order chi connectivity index (χ0) is 15.7. The Kier molecular flexibility index (Phi) is 4.18. The molecule has 1 aliphatic rings. The number of alkyl halides is 3. The van der Waals surface area contributed by atoms with E-state index in [1.807, 2.05) is 5.38 Å². The van der Waals surface area contributed by atoms with Crippen LogP contribution in [0.2, 0.25) is 0 Å². The molecule has 0 unspecified atom stereocenters. The van der Waals surface area contributed by atoms with Gasteiger partial charge in [-0.1, -0.05) is 18.2 Å². The summed E-state index contributed by atoms with van der Waals surface area (Å²) in [7, 11) is 0. The minimum absolute atomic E-state index is 0.123. The summed E-state index contributed by atoms with van der Waals surface area (Å²) in [5, 5.41) is 1.45. The van der Waals surface area contributed by atoms with Crippen LogP contribution in [0.1, 0.15) is 26.2 Å². The molecule has 2 heterocycles. The lowest BCUT2D eigenvalue weighted by Crippen LogP contribution is -2.29. The van der Waals surface area contributed by atoms with E-state index in [1.165, 1.54) is 29.2 Å². The van der Waals surface area contributed by atoms with Gasteiger partial charge < -0.3 is 4.90 Å². The fourth-order valence-electron chi connectivity index (χ4n) is 2.36. The molecule has 1 amide bonds. The Hall–Kier alpha value is -1.47. The molecule has 1 aromatic carbocycles. The number of thiophene rings is 1. The van der Waals surface area contributed by atoms with E-state index in [0.29, 0.717) is 17.0 Å². The number of rotatable bonds is 2. The summed E-state index contributed by atoms with van der Waals surface area (Å²) in [6, 6.07) is 8.75. The Labute approximate surface area is 133 Å². The normalized spacial score (nSPS) is 18.7. The van der Waals surface area contributed by atoms with Crippen LogP contribution in [0.15, 0.2) is 41.8 Å². The lowest BCUT2D eigenvalue weighted by molar-refractivity contribution is -0.137. The third-order valence-corrected chi connectivity index (χ3v) is 5.50. The molecule has 0 aliphatic carbocycles. The first kappa shape index (κ1) is 15.4. The molecule has 2 aromatic rings. The van der Waals surface area contributed by atoms with Gasteiger partial charge in [0.1, 0.15) is 5.37 Å². The quantitative estimate of drug-likeness (QED) is 0.791. The second-order valence-electron chi connectivity index (χ2n) is 4.82. The Morgan fingerprint density at radius 2 is 2.05 bits per heavy atom. The first-order valence-corrected chi connectivity index (χ1v) is 8.53. The summed E-state index contributed by atoms with van der Waals surface area (Å²) >= 11 is 2.83. The van der Waals surface area contributed by atoms with Crippen molar-refractivity contribution in [2.75, 3.05) is 12.3 Å². The number of halogens is 3. The van der Waals surface area contributed by atoms with E-state index >= 15 is 0 Å². The van der Waals surface area contributed by atoms with Gasteiger partial charge >= 0.3 is 6.18 Å². The highest BCUT2D eigenvalue weighted by molar-refractivity contribution is 7.99. The van der Waals surface area contributed by atoms with Crippen LogP contribution in [-0.2, 0) is 6.18 Å². The Balaban J connectivity index is 1.89. The van der Waals surface area contributed by atoms with E-state index in [4.69, 9.17) is 0 Å². The highest BCUT2D eigenvalue weighted by Gasteiger charge is 2.35. The minimum atomic E-state index is -4.37. The summed E-state index contributed by atoms with van der Waals surface area (Å²) in [6.07, 6.45) is -4.37. The third kappa shape index (κ3) is 3.01. The number of thioether (sulfide) groups is 1. The lowest BCUT2D eigenvalue weighted by Gasteiger charge is -2.24. The van der Waals surface area contributed by atoms with Gasteiger partial charge in [0.2, 0.25) is 0 Å². The monoisotopic (exact) mass is 343 g/mol. The molecule has 0 saturated carbocycles. The number of benzene rings is 1. The number of nitrogens with zero attached hydrogens (tertiary/aromatic N) is 1. The predicted molar refractivity (Wildman–Crippen MR) is 82.0 cm³/mol. The third-order valence-electron chi connectivity index (χ3n) is 3.38. The van der Waals surface area contributed by atoms with Crippen molar-refractivity contribution in [1.82, 2.24) is 4.90 Å². The van der Waals surface area contributed by atoms with Crippen molar-refractivity contribution in [2.45, 2.75) is 11.6 Å². The molecular formula is C15H12F3NOS2. The van der Waals surface area contributed by atoms with Gasteiger partial charge in [-0.3, -0.25) is 4.79 Å². The van der Waals surface area contributed by atoms with Crippen LogP contribution in [-0.4, -0.2) is 23.1 Å². The largest absolute Gasteiger partial charge is 0.416 e. The molecule has 22 heavy (non-hydrogen) atoms. The SMILES string of the molecule is O=C(c1cccs1)N1CCS[C@@H]1c1cccc(C(F)(F)F)c1. The minimum Gasteiger partial charge on any atom is -0.321 e. The lowest BCUT2D eigenvalue weighted by atomic mass is 10.1. The molecule has 116 valence electrons. The number of amides is 1. The van der Waals surface area contributed by atoms with Crippen LogP contribution in [0.25, 0.3) is 0 Å². The van der Waals surface area contributed by atoms with Crippen molar-refractivity contribution < 1.29 is 18.0 Å². The van der Waals surface area contributed by atoms with Crippen molar-refractivity contribution in [1.29, 1.82) is 0 Å². The Morgan fingerprint density at radius 3 is 2.73 bits per heavy atom. The zero-order valence-electron chi connectivity index (χ0n) is 11.3. The molecule has 1 aromatic heterocycles. The molecule has 1 aliphatic heterocycles. The topological polar surface area (TPSA) is 20.3 Å². The van der Waals surface area contributed by atoms with Gasteiger partial charge in [-0.25, -0.2) is 0 Å². The first-order chi connectivity index (χ1) is 10.5. The van der Waals surface area contributed by atoms with Crippen LogP contribution in [0.3, 0.4) is 0 Å². The van der Waals surface area contributed by atoms with Gasteiger partial charge in [0, 0.05) is 12.3 Å². The Bertz CT molecular complexity index is 670. The van der Waals surface area contributed by atoms with Crippen molar-refractivity contribution in [3.8, 4) is 0 Å². The highest BCUT2D eigenvalue weighted by Crippen LogP contribution is 2.40. The maximum Gasteiger partial charge on any atom is 0.416 e. The van der Waals surface area contributed by atoms with Crippen molar-refractivity contribution >= 4 is 29.0 Å². The van der Waals surface area contributed by atoms with Gasteiger partial charge in [0.05, 0.1) is 10.4 Å². The molecular weight excluding hydrogens is 331 g/mol. The molecule has 0 spiro atoms. The molecule has 1 fully saturated rings. The average molecular weight is 343 g/mol. The Morgan fingerprint density at radius 1 is 1.23 bits per heavy atom. The standard InChI is InChI=1S/C15H12F3NOS2/c16-15(17,18)11-4-1-3-10(9-11)14-19(6-8-22-14)13(20)12-5-2-7-21-12/h1-5,7,9,14H,6,8H2/t14-/m1/s1. The van der Waals surface area contributed by atoms with E-state index in [1.54, 1.807) is 23.1 Å². The fraction of sp³-hybridized carbons (Fsp3) is 0.267. The van der Waals surface area contributed by atoms with Gasteiger partial charge in [-0.15, -0.1) is 23.1 Å². The summed E-state index contributed by atoms with van der Waals surface area (Å²) in [5.41, 5.74) is -0.164. The number of hydrogen-bond acceptors (Lipinski definition) is 3. The number of carbonyl (C=O) groups excluding carboxylic acids is 1. The van der Waals surface area contributed by atoms with Crippen LogP contribution in [0.4, 0.5) is 13.2 Å². The van der Waals surface area contributed by atoms with Crippen LogP contribution >= 0.6 is 23.1 Å². The second kappa shape index (κ2) is 5.96. The molecule has 0 bridgehead atoms. The van der Waals surface area contributed by atoms with E-state index in [-0.39, 0.29) is 11.3 Å². The summed E-state index contributed by atoms with van der Waals surface area (Å²) < 4.78 is 38.5. The first-order valence-electron chi connectivity index (χ1n) is 6.60. The molecule has 1 atom stereocenters. The van der Waals surface area contributed by atoms with Gasteiger partial charge in [-0.2, -0.15) is 13.2 Å². The van der Waals surface area contributed by atoms with Crippen molar-refractivity contribution in [3.63, 3.8) is 0 Å². The molecule has 0 N–H and O–H groups in total. The molecule has 0 radical (unpaired) electrons. The smallest absolute Gasteiger partial charge is 0.321 e. The van der Waals surface area contributed by atoms with E-state index < -0.39 is 11.7 Å². The highest BCUT2D eigenvalue weighted by atomic mass is 32.2. The molecule has 3 rings (SSSR count). The predicted octanol–water partition coefficient (Wildman–Crippen LogP) is 4.65. The van der Waals surface area contributed by atoms with Gasteiger partial charge in [0.15, 0.2) is 0 Å². The van der Waals surface area contributed by atoms with Crippen LogP contribution < -0.4 is 0 Å². The van der Waals surface area contributed by atoms with Crippen LogP contribution in [0, 0.1) is 0 Å². The number of hydrogen-bond donors (Lipinski definition) is 0. The molecule has 1 saturated heterocycles. The maximum absolute atomic E-state index is 12.8. The second-order valence-corrected chi connectivity index (χ2v) is 6.96. The maximum atomic E-state index is 12.8. The molecule has 7 heteroatoms.